The van der Waals surface area contributed by atoms with Gasteiger partial charge in [-0.05, 0) is 18.2 Å². The van der Waals surface area contributed by atoms with Crippen LogP contribution in [0.4, 0.5) is 5.69 Å². The second-order valence-corrected chi connectivity index (χ2v) is 4.58. The molecule has 1 aromatic rings. The molecule has 0 aliphatic carbocycles. The Balaban J connectivity index is 1.84. The number of esters is 1. The van der Waals surface area contributed by atoms with Crippen molar-refractivity contribution in [3.63, 3.8) is 0 Å². The maximum Gasteiger partial charge on any atom is 0.377 e. The summed E-state index contributed by atoms with van der Waals surface area (Å²) in [6.45, 7) is 0.177. The number of benzene rings is 1. The zero-order valence-electron chi connectivity index (χ0n) is 11.8. The van der Waals surface area contributed by atoms with Gasteiger partial charge in [0.05, 0.1) is 12.1 Å². The summed E-state index contributed by atoms with van der Waals surface area (Å²) < 4.78 is 19.8. The second-order valence-electron chi connectivity index (χ2n) is 4.17. The summed E-state index contributed by atoms with van der Waals surface area (Å²) in [4.78, 5) is 23.3. The molecule has 1 N–H and O–H groups in total. The van der Waals surface area contributed by atoms with E-state index < -0.39 is 18.5 Å². The SMILES string of the molecule is COc1ccc(NC(=O)COC(=O)C2=COCCO2)cc1Cl. The molecule has 7 nitrogen and oxygen atoms in total. The van der Waals surface area contributed by atoms with Gasteiger partial charge in [0.1, 0.15) is 25.2 Å². The van der Waals surface area contributed by atoms with Crippen LogP contribution in [0.3, 0.4) is 0 Å². The van der Waals surface area contributed by atoms with E-state index in [-0.39, 0.29) is 12.4 Å². The van der Waals surface area contributed by atoms with Crippen LogP contribution in [0, 0.1) is 0 Å². The number of amides is 1. The zero-order chi connectivity index (χ0) is 15.9. The standard InChI is InChI=1S/C14H14ClNO6/c1-19-11-3-2-9(6-10(11)15)16-13(17)8-22-14(18)12-7-20-4-5-21-12/h2-3,6-7H,4-5,8H2,1H3,(H,16,17). The van der Waals surface area contributed by atoms with Gasteiger partial charge in [0.15, 0.2) is 6.61 Å². The molecule has 1 aromatic carbocycles. The molecule has 0 saturated heterocycles. The highest BCUT2D eigenvalue weighted by molar-refractivity contribution is 6.32. The maximum atomic E-state index is 11.7. The lowest BCUT2D eigenvalue weighted by Crippen LogP contribution is -2.23. The van der Waals surface area contributed by atoms with Crippen molar-refractivity contribution in [3.8, 4) is 5.75 Å². The summed E-state index contributed by atoms with van der Waals surface area (Å²) >= 11 is 5.94. The highest BCUT2D eigenvalue weighted by Gasteiger charge is 2.18. The van der Waals surface area contributed by atoms with Crippen LogP contribution in [-0.2, 0) is 23.8 Å². The molecule has 0 fully saturated rings. The molecule has 22 heavy (non-hydrogen) atoms. The van der Waals surface area contributed by atoms with Crippen LogP contribution < -0.4 is 10.1 Å². The number of ether oxygens (including phenoxy) is 4. The predicted octanol–water partition coefficient (Wildman–Crippen LogP) is 1.72. The number of methoxy groups -OCH3 is 1. The van der Waals surface area contributed by atoms with E-state index >= 15 is 0 Å². The summed E-state index contributed by atoms with van der Waals surface area (Å²) in [6, 6.07) is 4.76. The van der Waals surface area contributed by atoms with E-state index in [9.17, 15) is 9.59 Å². The van der Waals surface area contributed by atoms with Crippen molar-refractivity contribution in [1.29, 1.82) is 0 Å². The summed E-state index contributed by atoms with van der Waals surface area (Å²) in [5.74, 6) is -0.839. The number of carbonyl (C=O) groups excluding carboxylic acids is 2. The van der Waals surface area contributed by atoms with Crippen LogP contribution in [-0.4, -0.2) is 38.8 Å². The molecule has 0 unspecified atom stereocenters. The third-order valence-electron chi connectivity index (χ3n) is 2.62. The van der Waals surface area contributed by atoms with E-state index in [1.165, 1.54) is 13.2 Å². The van der Waals surface area contributed by atoms with E-state index in [0.29, 0.717) is 23.1 Å². The minimum Gasteiger partial charge on any atom is -0.495 e. The first-order valence-corrected chi connectivity index (χ1v) is 6.73. The highest BCUT2D eigenvalue weighted by Crippen LogP contribution is 2.27. The number of hydrogen-bond acceptors (Lipinski definition) is 6. The average molecular weight is 328 g/mol. The minimum absolute atomic E-state index is 0.0634. The van der Waals surface area contributed by atoms with Crippen molar-refractivity contribution < 1.29 is 28.5 Å². The number of halogens is 1. The summed E-state index contributed by atoms with van der Waals surface area (Å²) in [5.41, 5.74) is 0.461. The molecule has 0 aromatic heterocycles. The van der Waals surface area contributed by atoms with Gasteiger partial charge in [0.25, 0.3) is 5.91 Å². The van der Waals surface area contributed by atoms with Gasteiger partial charge in [-0.2, -0.15) is 0 Å². The van der Waals surface area contributed by atoms with Gasteiger partial charge < -0.3 is 24.3 Å². The Morgan fingerprint density at radius 3 is 2.82 bits per heavy atom. The van der Waals surface area contributed by atoms with Crippen molar-refractivity contribution in [2.24, 2.45) is 0 Å². The van der Waals surface area contributed by atoms with E-state index in [0.717, 1.165) is 6.26 Å². The van der Waals surface area contributed by atoms with Gasteiger partial charge in [-0.1, -0.05) is 11.6 Å². The first-order chi connectivity index (χ1) is 10.6. The van der Waals surface area contributed by atoms with Gasteiger partial charge in [-0.15, -0.1) is 0 Å². The maximum absolute atomic E-state index is 11.7. The molecule has 118 valence electrons. The van der Waals surface area contributed by atoms with Crippen molar-refractivity contribution in [2.45, 2.75) is 0 Å². The Morgan fingerprint density at radius 2 is 2.18 bits per heavy atom. The fraction of sp³-hybridized carbons (Fsp3) is 0.286. The van der Waals surface area contributed by atoms with Gasteiger partial charge in [0.2, 0.25) is 5.76 Å². The van der Waals surface area contributed by atoms with E-state index in [2.05, 4.69) is 5.32 Å². The molecule has 2 rings (SSSR count). The molecule has 1 amide bonds. The summed E-state index contributed by atoms with van der Waals surface area (Å²) in [5, 5.41) is 2.90. The van der Waals surface area contributed by atoms with Crippen molar-refractivity contribution in [1.82, 2.24) is 0 Å². The average Bonchev–Trinajstić information content (AvgIpc) is 2.53. The van der Waals surface area contributed by atoms with Crippen LogP contribution >= 0.6 is 11.6 Å². The molecule has 0 atom stereocenters. The number of hydrogen-bond donors (Lipinski definition) is 1. The van der Waals surface area contributed by atoms with Gasteiger partial charge >= 0.3 is 5.97 Å². The van der Waals surface area contributed by atoms with E-state index in [1.807, 2.05) is 0 Å². The number of carbonyl (C=O) groups is 2. The van der Waals surface area contributed by atoms with Crippen LogP contribution in [0.5, 0.6) is 5.75 Å². The molecule has 8 heteroatoms. The highest BCUT2D eigenvalue weighted by atomic mass is 35.5. The fourth-order valence-electron chi connectivity index (χ4n) is 1.62. The van der Waals surface area contributed by atoms with Crippen molar-refractivity contribution >= 4 is 29.2 Å². The number of rotatable bonds is 5. The second kappa shape index (κ2) is 7.56. The fourth-order valence-corrected chi connectivity index (χ4v) is 1.88. The number of nitrogens with one attached hydrogen (secondary N) is 1. The topological polar surface area (TPSA) is 83.1 Å². The van der Waals surface area contributed by atoms with Crippen LogP contribution in [0.2, 0.25) is 5.02 Å². The summed E-state index contributed by atoms with van der Waals surface area (Å²) in [7, 11) is 1.49. The van der Waals surface area contributed by atoms with Gasteiger partial charge in [-0.3, -0.25) is 4.79 Å². The van der Waals surface area contributed by atoms with Crippen molar-refractivity contribution in [2.75, 3.05) is 32.2 Å². The minimum atomic E-state index is -0.761. The first-order valence-electron chi connectivity index (χ1n) is 6.35. The predicted molar refractivity (Wildman–Crippen MR) is 77.6 cm³/mol. The molecule has 1 aliphatic rings. The van der Waals surface area contributed by atoms with Gasteiger partial charge in [0, 0.05) is 5.69 Å². The van der Waals surface area contributed by atoms with Crippen LogP contribution in [0.1, 0.15) is 0 Å². The lowest BCUT2D eigenvalue weighted by atomic mass is 10.3. The Morgan fingerprint density at radius 1 is 1.36 bits per heavy atom. The van der Waals surface area contributed by atoms with Gasteiger partial charge in [-0.25, -0.2) is 4.79 Å². The molecule has 0 radical (unpaired) electrons. The Hall–Kier alpha value is -2.41. The molecule has 1 aliphatic heterocycles. The quantitative estimate of drug-likeness (QED) is 0.829. The monoisotopic (exact) mass is 327 g/mol. The Labute approximate surface area is 131 Å². The van der Waals surface area contributed by atoms with Crippen LogP contribution in [0.15, 0.2) is 30.2 Å². The van der Waals surface area contributed by atoms with E-state index in [4.69, 9.17) is 30.5 Å². The molecule has 0 spiro atoms. The Bertz CT molecular complexity index is 601. The molecular formula is C14H14ClNO6. The zero-order valence-corrected chi connectivity index (χ0v) is 12.5. The molecule has 0 saturated carbocycles. The lowest BCUT2D eigenvalue weighted by molar-refractivity contribution is -0.148. The molecule has 0 bridgehead atoms. The molecular weight excluding hydrogens is 314 g/mol. The van der Waals surface area contributed by atoms with Crippen LogP contribution in [0.25, 0.3) is 0 Å². The Kier molecular flexibility index (Phi) is 5.48. The third-order valence-corrected chi connectivity index (χ3v) is 2.92. The summed E-state index contributed by atoms with van der Waals surface area (Å²) in [6.07, 6.45) is 1.16. The molecule has 1 heterocycles. The number of anilines is 1. The normalized spacial score (nSPS) is 13.3. The third kappa shape index (κ3) is 4.29. The first kappa shape index (κ1) is 16.0. The van der Waals surface area contributed by atoms with E-state index in [1.54, 1.807) is 12.1 Å². The lowest BCUT2D eigenvalue weighted by Gasteiger charge is -2.14. The van der Waals surface area contributed by atoms with Crippen molar-refractivity contribution in [3.05, 3.63) is 35.2 Å². The largest absolute Gasteiger partial charge is 0.495 e. The smallest absolute Gasteiger partial charge is 0.377 e.